The molecule has 20 heavy (non-hydrogen) atoms. The first-order chi connectivity index (χ1) is 9.25. The zero-order chi connectivity index (χ0) is 15.4. The third-order valence-corrected chi connectivity index (χ3v) is 3.74. The van der Waals surface area contributed by atoms with Crippen molar-refractivity contribution in [2.24, 2.45) is 0 Å². The number of halogens is 4. The Balaban J connectivity index is 3.02. The lowest BCUT2D eigenvalue weighted by molar-refractivity contribution is -0.142. The molecule has 0 heterocycles. The van der Waals surface area contributed by atoms with Gasteiger partial charge in [-0.15, -0.1) is 0 Å². The largest absolute Gasteiger partial charge is 0.405 e. The van der Waals surface area contributed by atoms with Crippen LogP contribution < -0.4 is 5.32 Å². The van der Waals surface area contributed by atoms with E-state index in [0.29, 0.717) is 23.4 Å². The van der Waals surface area contributed by atoms with Crippen molar-refractivity contribution < 1.29 is 18.0 Å². The Morgan fingerprint density at radius 1 is 1.15 bits per heavy atom. The third-order valence-electron chi connectivity index (χ3n) is 3.49. The van der Waals surface area contributed by atoms with Crippen molar-refractivity contribution in [1.29, 1.82) is 0 Å². The minimum Gasteiger partial charge on any atom is -0.346 e. The molecule has 1 aromatic rings. The Labute approximate surface area is 121 Å². The van der Waals surface area contributed by atoms with Gasteiger partial charge in [-0.3, -0.25) is 4.79 Å². The number of alkyl halides is 3. The number of carbonyl (C=O) groups is 1. The van der Waals surface area contributed by atoms with Gasteiger partial charge in [-0.1, -0.05) is 37.6 Å². The molecule has 0 fully saturated rings. The predicted octanol–water partition coefficient (Wildman–Crippen LogP) is 4.08. The summed E-state index contributed by atoms with van der Waals surface area (Å²) < 4.78 is 36.7. The molecule has 0 aliphatic heterocycles. The molecule has 112 valence electrons. The zero-order valence-electron chi connectivity index (χ0n) is 11.4. The van der Waals surface area contributed by atoms with Crippen molar-refractivity contribution in [3.05, 3.63) is 34.9 Å². The summed E-state index contributed by atoms with van der Waals surface area (Å²) in [5.41, 5.74) is -0.290. The summed E-state index contributed by atoms with van der Waals surface area (Å²) in [4.78, 5) is 12.2. The summed E-state index contributed by atoms with van der Waals surface area (Å²) in [6.07, 6.45) is -3.59. The van der Waals surface area contributed by atoms with Gasteiger partial charge in [0.15, 0.2) is 0 Å². The van der Waals surface area contributed by atoms with Gasteiger partial charge >= 0.3 is 6.18 Å². The quantitative estimate of drug-likeness (QED) is 0.872. The van der Waals surface area contributed by atoms with Gasteiger partial charge in [-0.25, -0.2) is 0 Å². The van der Waals surface area contributed by atoms with Crippen molar-refractivity contribution in [1.82, 2.24) is 5.32 Å². The molecule has 1 N–H and O–H groups in total. The molecule has 0 bridgehead atoms. The molecule has 0 saturated carbocycles. The van der Waals surface area contributed by atoms with E-state index >= 15 is 0 Å². The fourth-order valence-electron chi connectivity index (χ4n) is 2.23. The van der Waals surface area contributed by atoms with Gasteiger partial charge in [0.2, 0.25) is 5.91 Å². The number of hydrogen-bond donors (Lipinski definition) is 1. The molecule has 0 spiro atoms. The minimum atomic E-state index is -4.41. The van der Waals surface area contributed by atoms with Gasteiger partial charge in [0.1, 0.15) is 6.54 Å². The summed E-state index contributed by atoms with van der Waals surface area (Å²) in [6, 6.07) is 6.63. The molecular weight excluding hydrogens is 291 g/mol. The molecule has 0 saturated heterocycles. The van der Waals surface area contributed by atoms with E-state index in [2.05, 4.69) is 0 Å². The van der Waals surface area contributed by atoms with Crippen LogP contribution in [0.25, 0.3) is 0 Å². The molecule has 0 aliphatic rings. The van der Waals surface area contributed by atoms with Crippen LogP contribution in [0.15, 0.2) is 24.3 Å². The van der Waals surface area contributed by atoms with E-state index in [1.54, 1.807) is 38.1 Å². The van der Waals surface area contributed by atoms with Crippen molar-refractivity contribution in [3.8, 4) is 0 Å². The van der Waals surface area contributed by atoms with E-state index < -0.39 is 24.0 Å². The van der Waals surface area contributed by atoms with Crippen LogP contribution in [-0.4, -0.2) is 18.6 Å². The van der Waals surface area contributed by atoms with Gasteiger partial charge < -0.3 is 5.32 Å². The van der Waals surface area contributed by atoms with E-state index in [0.717, 1.165) is 0 Å². The Hall–Kier alpha value is -1.23. The number of nitrogens with one attached hydrogen (secondary N) is 1. The average molecular weight is 308 g/mol. The van der Waals surface area contributed by atoms with Gasteiger partial charge in [-0.2, -0.15) is 13.2 Å². The van der Waals surface area contributed by atoms with E-state index in [4.69, 9.17) is 11.6 Å². The van der Waals surface area contributed by atoms with Gasteiger partial charge in [0.05, 0.1) is 5.41 Å². The molecule has 6 heteroatoms. The number of hydrogen-bond acceptors (Lipinski definition) is 1. The fourth-order valence-corrected chi connectivity index (χ4v) is 2.36. The first-order valence-corrected chi connectivity index (χ1v) is 6.74. The second-order valence-corrected chi connectivity index (χ2v) is 5.03. The third kappa shape index (κ3) is 3.88. The maximum absolute atomic E-state index is 12.2. The van der Waals surface area contributed by atoms with E-state index in [1.165, 1.54) is 0 Å². The van der Waals surface area contributed by atoms with Crippen LogP contribution in [0.1, 0.15) is 32.3 Å². The van der Waals surface area contributed by atoms with Crippen molar-refractivity contribution in [3.63, 3.8) is 0 Å². The van der Waals surface area contributed by atoms with Gasteiger partial charge in [-0.05, 0) is 30.5 Å². The maximum atomic E-state index is 12.2. The number of carbonyl (C=O) groups excluding carboxylic acids is 1. The monoisotopic (exact) mass is 307 g/mol. The zero-order valence-corrected chi connectivity index (χ0v) is 12.1. The van der Waals surface area contributed by atoms with Crippen molar-refractivity contribution >= 4 is 17.5 Å². The van der Waals surface area contributed by atoms with Crippen LogP contribution in [0.2, 0.25) is 5.02 Å². The first-order valence-electron chi connectivity index (χ1n) is 6.36. The second-order valence-electron chi connectivity index (χ2n) is 4.59. The number of rotatable bonds is 5. The van der Waals surface area contributed by atoms with Crippen LogP contribution in [0.4, 0.5) is 13.2 Å². The van der Waals surface area contributed by atoms with Crippen molar-refractivity contribution in [2.45, 2.75) is 38.3 Å². The second kappa shape index (κ2) is 6.48. The van der Waals surface area contributed by atoms with E-state index in [9.17, 15) is 18.0 Å². The number of benzene rings is 1. The lowest BCUT2D eigenvalue weighted by atomic mass is 9.75. The predicted molar refractivity (Wildman–Crippen MR) is 72.8 cm³/mol. The highest BCUT2D eigenvalue weighted by atomic mass is 35.5. The van der Waals surface area contributed by atoms with Crippen LogP contribution >= 0.6 is 11.6 Å². The Kier molecular flexibility index (Phi) is 5.45. The highest BCUT2D eigenvalue weighted by Gasteiger charge is 2.38. The molecule has 0 aromatic heterocycles. The molecule has 0 unspecified atom stereocenters. The normalized spacial score (nSPS) is 12.3. The van der Waals surface area contributed by atoms with Crippen LogP contribution in [0.5, 0.6) is 0 Å². The Morgan fingerprint density at radius 2 is 1.65 bits per heavy atom. The Morgan fingerprint density at radius 3 is 2.05 bits per heavy atom. The van der Waals surface area contributed by atoms with Gasteiger partial charge in [0.25, 0.3) is 0 Å². The lowest BCUT2D eigenvalue weighted by Crippen LogP contribution is -2.46. The molecule has 0 radical (unpaired) electrons. The SMILES string of the molecule is CCC(CC)(C(=O)NCC(F)(F)F)c1ccc(Cl)cc1. The topological polar surface area (TPSA) is 29.1 Å². The molecule has 1 rings (SSSR count). The van der Waals surface area contributed by atoms with Crippen LogP contribution in [-0.2, 0) is 10.2 Å². The van der Waals surface area contributed by atoms with E-state index in [1.807, 2.05) is 5.32 Å². The maximum Gasteiger partial charge on any atom is 0.405 e. The summed E-state index contributed by atoms with van der Waals surface area (Å²) >= 11 is 5.80. The highest BCUT2D eigenvalue weighted by molar-refractivity contribution is 6.30. The number of amides is 1. The molecule has 1 amide bonds. The van der Waals surface area contributed by atoms with Crippen LogP contribution in [0, 0.1) is 0 Å². The summed E-state index contributed by atoms with van der Waals surface area (Å²) in [7, 11) is 0. The molecule has 0 atom stereocenters. The molecule has 1 aromatic carbocycles. The fraction of sp³-hybridized carbons (Fsp3) is 0.500. The highest BCUT2D eigenvalue weighted by Crippen LogP contribution is 2.33. The lowest BCUT2D eigenvalue weighted by Gasteiger charge is -2.31. The molecule has 2 nitrogen and oxygen atoms in total. The average Bonchev–Trinajstić information content (AvgIpc) is 2.39. The summed E-state index contributed by atoms with van der Waals surface area (Å²) in [6.45, 7) is 2.25. The van der Waals surface area contributed by atoms with Gasteiger partial charge in [0, 0.05) is 5.02 Å². The van der Waals surface area contributed by atoms with E-state index in [-0.39, 0.29) is 0 Å². The van der Waals surface area contributed by atoms with Crippen LogP contribution in [0.3, 0.4) is 0 Å². The standard InChI is InChI=1S/C14H17ClF3NO/c1-3-13(4-2,10-5-7-11(15)8-6-10)12(20)19-9-14(16,17)18/h5-8H,3-4,9H2,1-2H3,(H,19,20). The smallest absolute Gasteiger partial charge is 0.346 e. The molecular formula is C14H17ClF3NO. The molecule has 0 aliphatic carbocycles. The first kappa shape index (κ1) is 16.8. The summed E-state index contributed by atoms with van der Waals surface area (Å²) in [5.74, 6) is -0.609. The Bertz CT molecular complexity index is 452. The van der Waals surface area contributed by atoms with Crippen molar-refractivity contribution in [2.75, 3.05) is 6.54 Å². The minimum absolute atomic E-state index is 0.412. The summed E-state index contributed by atoms with van der Waals surface area (Å²) in [5, 5.41) is 2.50.